The highest BCUT2D eigenvalue weighted by Gasteiger charge is 2.19. The molecule has 20 heavy (non-hydrogen) atoms. The van der Waals surface area contributed by atoms with Crippen molar-refractivity contribution in [1.29, 1.82) is 0 Å². The highest BCUT2D eigenvalue weighted by Crippen LogP contribution is 2.34. The quantitative estimate of drug-likeness (QED) is 0.921. The highest BCUT2D eigenvalue weighted by molar-refractivity contribution is 5.65. The topological polar surface area (TPSA) is 79.7 Å². The van der Waals surface area contributed by atoms with Gasteiger partial charge in [0.15, 0.2) is 11.5 Å². The number of nitrogens with two attached hydrogens (primary N) is 1. The minimum absolute atomic E-state index is 0.0570. The van der Waals surface area contributed by atoms with Crippen molar-refractivity contribution in [3.05, 3.63) is 24.3 Å². The van der Waals surface area contributed by atoms with Crippen LogP contribution in [0.3, 0.4) is 0 Å². The van der Waals surface area contributed by atoms with Crippen molar-refractivity contribution in [3.8, 4) is 22.8 Å². The van der Waals surface area contributed by atoms with Crippen molar-refractivity contribution in [2.24, 2.45) is 0 Å². The Morgan fingerprint density at radius 3 is 2.85 bits per heavy atom. The van der Waals surface area contributed by atoms with Gasteiger partial charge in [-0.25, -0.2) is 0 Å². The molecular weight excluding hydrogens is 260 g/mol. The predicted octanol–water partition coefficient (Wildman–Crippen LogP) is 2.10. The first-order valence-electron chi connectivity index (χ1n) is 6.41. The van der Waals surface area contributed by atoms with Crippen LogP contribution in [0.4, 0.5) is 5.88 Å². The van der Waals surface area contributed by atoms with Gasteiger partial charge in [-0.15, -0.1) is 0 Å². The largest absolute Gasteiger partial charge is 0.493 e. The summed E-state index contributed by atoms with van der Waals surface area (Å²) < 4.78 is 21.4. The van der Waals surface area contributed by atoms with Crippen LogP contribution in [0.25, 0.3) is 11.3 Å². The molecule has 1 aromatic heterocycles. The molecule has 106 valence electrons. The molecule has 6 heteroatoms. The lowest BCUT2D eigenvalue weighted by molar-refractivity contribution is 0.138. The Balaban J connectivity index is 1.89. The maximum atomic E-state index is 5.93. The first kappa shape index (κ1) is 12.8. The smallest absolute Gasteiger partial charge is 0.222 e. The molecule has 1 aliphatic heterocycles. The third kappa shape index (κ3) is 2.55. The van der Waals surface area contributed by atoms with E-state index in [1.807, 2.05) is 18.2 Å². The first-order valence-corrected chi connectivity index (χ1v) is 6.41. The van der Waals surface area contributed by atoms with Gasteiger partial charge >= 0.3 is 0 Å². The van der Waals surface area contributed by atoms with E-state index < -0.39 is 0 Å². The molecule has 1 aromatic carbocycles. The normalized spacial score (nSPS) is 18.1. The molecule has 0 amide bonds. The number of benzene rings is 1. The lowest BCUT2D eigenvalue weighted by Gasteiger charge is -2.15. The van der Waals surface area contributed by atoms with Crippen molar-refractivity contribution in [2.45, 2.75) is 12.5 Å². The second-order valence-corrected chi connectivity index (χ2v) is 4.58. The fourth-order valence-electron chi connectivity index (χ4n) is 2.14. The number of nitrogen functional groups attached to an aromatic ring is 1. The van der Waals surface area contributed by atoms with Crippen LogP contribution in [0.2, 0.25) is 0 Å². The molecule has 1 aliphatic rings. The van der Waals surface area contributed by atoms with E-state index in [0.29, 0.717) is 23.8 Å². The fourth-order valence-corrected chi connectivity index (χ4v) is 2.14. The van der Waals surface area contributed by atoms with Crippen molar-refractivity contribution in [1.82, 2.24) is 5.16 Å². The molecule has 2 heterocycles. The molecule has 2 N–H and O–H groups in total. The van der Waals surface area contributed by atoms with Crippen LogP contribution in [-0.4, -0.2) is 31.6 Å². The van der Waals surface area contributed by atoms with Gasteiger partial charge in [0.25, 0.3) is 0 Å². The van der Waals surface area contributed by atoms with Gasteiger partial charge in [0.05, 0.1) is 20.3 Å². The summed E-state index contributed by atoms with van der Waals surface area (Å²) in [5.74, 6) is 1.63. The van der Waals surface area contributed by atoms with Crippen LogP contribution < -0.4 is 15.2 Å². The summed E-state index contributed by atoms with van der Waals surface area (Å²) in [5, 5.41) is 3.89. The van der Waals surface area contributed by atoms with E-state index >= 15 is 0 Å². The minimum atomic E-state index is 0.0570. The van der Waals surface area contributed by atoms with Crippen LogP contribution in [0.5, 0.6) is 11.5 Å². The summed E-state index contributed by atoms with van der Waals surface area (Å²) in [6.07, 6.45) is 0.936. The van der Waals surface area contributed by atoms with Crippen LogP contribution >= 0.6 is 0 Å². The molecule has 0 bridgehead atoms. The number of aromatic nitrogens is 1. The first-order chi connectivity index (χ1) is 9.76. The van der Waals surface area contributed by atoms with E-state index in [2.05, 4.69) is 5.16 Å². The molecule has 0 aliphatic carbocycles. The average molecular weight is 276 g/mol. The number of hydrogen-bond acceptors (Lipinski definition) is 6. The average Bonchev–Trinajstić information content (AvgIpc) is 3.10. The highest BCUT2D eigenvalue weighted by atomic mass is 16.6. The van der Waals surface area contributed by atoms with Gasteiger partial charge in [0.1, 0.15) is 11.8 Å². The fraction of sp³-hybridized carbons (Fsp3) is 0.357. The molecule has 1 saturated heterocycles. The molecule has 0 spiro atoms. The van der Waals surface area contributed by atoms with Gasteiger partial charge in [-0.1, -0.05) is 5.16 Å². The second-order valence-electron chi connectivity index (χ2n) is 4.58. The van der Waals surface area contributed by atoms with Gasteiger partial charge in [0.2, 0.25) is 5.88 Å². The monoisotopic (exact) mass is 276 g/mol. The summed E-state index contributed by atoms with van der Waals surface area (Å²) in [4.78, 5) is 0. The van der Waals surface area contributed by atoms with Gasteiger partial charge < -0.3 is 24.5 Å². The summed E-state index contributed by atoms with van der Waals surface area (Å²) in [5.41, 5.74) is 7.07. The van der Waals surface area contributed by atoms with E-state index in [4.69, 9.17) is 24.5 Å². The van der Waals surface area contributed by atoms with Gasteiger partial charge in [0, 0.05) is 18.1 Å². The maximum absolute atomic E-state index is 5.93. The Labute approximate surface area is 116 Å². The Bertz CT molecular complexity index is 591. The Kier molecular flexibility index (Phi) is 3.47. The lowest BCUT2D eigenvalue weighted by atomic mass is 10.1. The minimum Gasteiger partial charge on any atom is -0.493 e. The Morgan fingerprint density at radius 2 is 2.20 bits per heavy atom. The Morgan fingerprint density at radius 1 is 1.30 bits per heavy atom. The molecule has 6 nitrogen and oxygen atoms in total. The van der Waals surface area contributed by atoms with Gasteiger partial charge in [-0.3, -0.25) is 0 Å². The molecule has 0 saturated carbocycles. The summed E-state index contributed by atoms with van der Waals surface area (Å²) in [6, 6.07) is 7.26. The second kappa shape index (κ2) is 5.42. The zero-order chi connectivity index (χ0) is 13.9. The van der Waals surface area contributed by atoms with E-state index in [1.165, 1.54) is 0 Å². The number of ether oxygens (including phenoxy) is 3. The summed E-state index contributed by atoms with van der Waals surface area (Å²) in [6.45, 7) is 1.33. The van der Waals surface area contributed by atoms with E-state index in [-0.39, 0.29) is 12.0 Å². The van der Waals surface area contributed by atoms with Crippen molar-refractivity contribution in [3.63, 3.8) is 0 Å². The molecule has 0 radical (unpaired) electrons. The lowest BCUT2D eigenvalue weighted by Crippen LogP contribution is -2.16. The summed E-state index contributed by atoms with van der Waals surface area (Å²) >= 11 is 0. The maximum Gasteiger partial charge on any atom is 0.222 e. The molecule has 3 rings (SSSR count). The van der Waals surface area contributed by atoms with E-state index in [1.54, 1.807) is 13.2 Å². The van der Waals surface area contributed by atoms with E-state index in [9.17, 15) is 0 Å². The number of rotatable bonds is 4. The molecule has 1 unspecified atom stereocenters. The molecule has 1 fully saturated rings. The summed E-state index contributed by atoms with van der Waals surface area (Å²) in [7, 11) is 1.61. The van der Waals surface area contributed by atoms with Gasteiger partial charge in [-0.05, 0) is 18.2 Å². The standard InChI is InChI=1S/C14H16N2O4/c1-17-12-3-2-9(11-7-14(15)20-16-11)6-13(12)19-10-4-5-18-8-10/h2-3,6-7,10H,4-5,8,15H2,1H3. The van der Waals surface area contributed by atoms with Crippen LogP contribution in [0, 0.1) is 0 Å². The van der Waals surface area contributed by atoms with Gasteiger partial charge in [-0.2, -0.15) is 0 Å². The predicted molar refractivity (Wildman–Crippen MR) is 72.8 cm³/mol. The van der Waals surface area contributed by atoms with Crippen molar-refractivity contribution in [2.75, 3.05) is 26.1 Å². The number of methoxy groups -OCH3 is 1. The zero-order valence-corrected chi connectivity index (χ0v) is 11.2. The molecule has 2 aromatic rings. The zero-order valence-electron chi connectivity index (χ0n) is 11.2. The SMILES string of the molecule is COc1ccc(-c2cc(N)on2)cc1OC1CCOC1. The Hall–Kier alpha value is -2.21. The van der Waals surface area contributed by atoms with Crippen molar-refractivity contribution < 1.29 is 18.7 Å². The number of nitrogens with zero attached hydrogens (tertiary/aromatic N) is 1. The third-order valence-corrected chi connectivity index (χ3v) is 3.17. The number of hydrogen-bond donors (Lipinski definition) is 1. The molecular formula is C14H16N2O4. The molecule has 1 atom stereocenters. The van der Waals surface area contributed by atoms with Crippen LogP contribution in [-0.2, 0) is 4.74 Å². The third-order valence-electron chi connectivity index (χ3n) is 3.17. The van der Waals surface area contributed by atoms with Crippen LogP contribution in [0.1, 0.15) is 6.42 Å². The number of anilines is 1. The van der Waals surface area contributed by atoms with Crippen LogP contribution in [0.15, 0.2) is 28.8 Å². The van der Waals surface area contributed by atoms with E-state index in [0.717, 1.165) is 18.6 Å². The van der Waals surface area contributed by atoms with Crippen molar-refractivity contribution >= 4 is 5.88 Å².